The third kappa shape index (κ3) is 2.44. The summed E-state index contributed by atoms with van der Waals surface area (Å²) in [4.78, 5) is 1.35. The number of rotatable bonds is 3. The molecular formula is C14H20OS. The normalized spacial score (nSPS) is 34.2. The van der Waals surface area contributed by atoms with E-state index in [0.717, 1.165) is 12.8 Å². The summed E-state index contributed by atoms with van der Waals surface area (Å²) >= 11 is 1.96. The minimum absolute atomic E-state index is 0.0416. The Morgan fingerprint density at radius 3 is 2.69 bits per heavy atom. The first-order chi connectivity index (χ1) is 7.64. The van der Waals surface area contributed by atoms with Crippen LogP contribution in [-0.4, -0.2) is 17.0 Å². The van der Waals surface area contributed by atoms with Gasteiger partial charge in [0.1, 0.15) is 0 Å². The van der Waals surface area contributed by atoms with Crippen molar-refractivity contribution in [2.24, 2.45) is 0 Å². The Bertz CT molecular complexity index is 338. The molecular weight excluding hydrogens is 216 g/mol. The molecule has 1 aliphatic rings. The molecule has 1 heterocycles. The second-order valence-corrected chi connectivity index (χ2v) is 6.03. The molecule has 0 N–H and O–H groups in total. The molecule has 0 radical (unpaired) electrons. The zero-order valence-electron chi connectivity index (χ0n) is 10.3. The van der Waals surface area contributed by atoms with Crippen molar-refractivity contribution in [3.05, 3.63) is 30.3 Å². The standard InChI is InChI=1S/C14H20OS/c1-4-14(3)13(10-11(2)15-14)16-12-8-6-5-7-9-12/h5-9,11,13H,4,10H2,1-3H3/t11-,13+,14-/m0/s1. The monoisotopic (exact) mass is 236 g/mol. The van der Waals surface area contributed by atoms with Gasteiger partial charge in [0, 0.05) is 10.1 Å². The van der Waals surface area contributed by atoms with E-state index < -0.39 is 0 Å². The molecule has 0 saturated carbocycles. The van der Waals surface area contributed by atoms with Crippen molar-refractivity contribution >= 4 is 11.8 Å². The maximum absolute atomic E-state index is 6.06. The molecule has 1 fully saturated rings. The van der Waals surface area contributed by atoms with Gasteiger partial charge in [0.15, 0.2) is 0 Å². The fourth-order valence-electron chi connectivity index (χ4n) is 2.28. The van der Waals surface area contributed by atoms with Gasteiger partial charge in [-0.15, -0.1) is 11.8 Å². The lowest BCUT2D eigenvalue weighted by atomic mass is 9.99. The SMILES string of the molecule is CC[C@]1(C)O[C@@H](C)C[C@H]1Sc1ccccc1. The molecule has 0 aliphatic carbocycles. The third-order valence-electron chi connectivity index (χ3n) is 3.42. The van der Waals surface area contributed by atoms with E-state index in [1.165, 1.54) is 4.90 Å². The van der Waals surface area contributed by atoms with Crippen molar-refractivity contribution in [3.63, 3.8) is 0 Å². The first-order valence-electron chi connectivity index (χ1n) is 6.03. The number of benzene rings is 1. The molecule has 1 aromatic rings. The minimum Gasteiger partial charge on any atom is -0.371 e. The van der Waals surface area contributed by atoms with Crippen LogP contribution in [0.5, 0.6) is 0 Å². The van der Waals surface area contributed by atoms with Crippen LogP contribution in [0.4, 0.5) is 0 Å². The molecule has 1 aliphatic heterocycles. The van der Waals surface area contributed by atoms with Crippen LogP contribution in [0.25, 0.3) is 0 Å². The summed E-state index contributed by atoms with van der Waals surface area (Å²) in [6, 6.07) is 10.6. The van der Waals surface area contributed by atoms with E-state index in [1.54, 1.807) is 0 Å². The molecule has 0 bridgehead atoms. The molecule has 1 nitrogen and oxygen atoms in total. The average molecular weight is 236 g/mol. The van der Waals surface area contributed by atoms with Gasteiger partial charge in [-0.3, -0.25) is 0 Å². The summed E-state index contributed by atoms with van der Waals surface area (Å²) in [6.07, 6.45) is 2.64. The van der Waals surface area contributed by atoms with Gasteiger partial charge in [-0.25, -0.2) is 0 Å². The molecule has 88 valence electrons. The molecule has 2 heteroatoms. The van der Waals surface area contributed by atoms with Crippen LogP contribution in [0.15, 0.2) is 35.2 Å². The number of ether oxygens (including phenoxy) is 1. The Hall–Kier alpha value is -0.470. The molecule has 16 heavy (non-hydrogen) atoms. The molecule has 0 amide bonds. The predicted molar refractivity (Wildman–Crippen MR) is 69.9 cm³/mol. The lowest BCUT2D eigenvalue weighted by Gasteiger charge is -2.29. The second-order valence-electron chi connectivity index (χ2n) is 4.75. The van der Waals surface area contributed by atoms with Crippen molar-refractivity contribution < 1.29 is 4.74 Å². The molecule has 0 spiro atoms. The largest absolute Gasteiger partial charge is 0.371 e. The highest BCUT2D eigenvalue weighted by Crippen LogP contribution is 2.43. The van der Waals surface area contributed by atoms with Crippen molar-refractivity contribution in [3.8, 4) is 0 Å². The van der Waals surface area contributed by atoms with Crippen LogP contribution in [0.1, 0.15) is 33.6 Å². The van der Waals surface area contributed by atoms with Gasteiger partial charge in [0.05, 0.1) is 11.7 Å². The van der Waals surface area contributed by atoms with Gasteiger partial charge < -0.3 is 4.74 Å². The van der Waals surface area contributed by atoms with Crippen LogP contribution >= 0.6 is 11.8 Å². The lowest BCUT2D eigenvalue weighted by molar-refractivity contribution is -0.0207. The molecule has 1 saturated heterocycles. The van der Waals surface area contributed by atoms with Crippen molar-refractivity contribution in [1.29, 1.82) is 0 Å². The van der Waals surface area contributed by atoms with Crippen LogP contribution < -0.4 is 0 Å². The highest BCUT2D eigenvalue weighted by atomic mass is 32.2. The first kappa shape index (κ1) is 12.0. The highest BCUT2D eigenvalue weighted by molar-refractivity contribution is 8.00. The second kappa shape index (κ2) is 4.80. The average Bonchev–Trinajstić information content (AvgIpc) is 2.56. The van der Waals surface area contributed by atoms with Crippen LogP contribution in [-0.2, 0) is 4.74 Å². The minimum atomic E-state index is 0.0416. The van der Waals surface area contributed by atoms with Gasteiger partial charge in [0.25, 0.3) is 0 Å². The Morgan fingerprint density at radius 2 is 2.06 bits per heavy atom. The summed E-state index contributed by atoms with van der Waals surface area (Å²) in [5.74, 6) is 0. The maximum atomic E-state index is 6.06. The fraction of sp³-hybridized carbons (Fsp3) is 0.571. The maximum Gasteiger partial charge on any atom is 0.0778 e. The smallest absolute Gasteiger partial charge is 0.0778 e. The van der Waals surface area contributed by atoms with Crippen molar-refractivity contribution in [2.45, 2.75) is 55.5 Å². The zero-order valence-corrected chi connectivity index (χ0v) is 11.1. The van der Waals surface area contributed by atoms with E-state index in [4.69, 9.17) is 4.74 Å². The van der Waals surface area contributed by atoms with Crippen LogP contribution in [0, 0.1) is 0 Å². The molecule has 2 rings (SSSR count). The Kier molecular flexibility index (Phi) is 3.60. The summed E-state index contributed by atoms with van der Waals surface area (Å²) in [7, 11) is 0. The van der Waals surface area contributed by atoms with E-state index in [1.807, 2.05) is 11.8 Å². The summed E-state index contributed by atoms with van der Waals surface area (Å²) in [5, 5.41) is 0.579. The molecule has 0 unspecified atom stereocenters. The van der Waals surface area contributed by atoms with E-state index >= 15 is 0 Å². The quantitative estimate of drug-likeness (QED) is 0.780. The molecule has 1 aromatic carbocycles. The Labute approximate surface area is 103 Å². The predicted octanol–water partition coefficient (Wildman–Crippen LogP) is 4.12. The van der Waals surface area contributed by atoms with E-state index in [-0.39, 0.29) is 5.60 Å². The van der Waals surface area contributed by atoms with Gasteiger partial charge in [-0.05, 0) is 38.8 Å². The Morgan fingerprint density at radius 1 is 1.38 bits per heavy atom. The highest BCUT2D eigenvalue weighted by Gasteiger charge is 2.42. The van der Waals surface area contributed by atoms with Crippen molar-refractivity contribution in [2.75, 3.05) is 0 Å². The molecule has 3 atom stereocenters. The van der Waals surface area contributed by atoms with Crippen LogP contribution in [0.2, 0.25) is 0 Å². The van der Waals surface area contributed by atoms with Gasteiger partial charge >= 0.3 is 0 Å². The zero-order chi connectivity index (χ0) is 11.6. The summed E-state index contributed by atoms with van der Waals surface area (Å²) < 4.78 is 6.06. The Balaban J connectivity index is 2.09. The molecule has 0 aromatic heterocycles. The number of hydrogen-bond acceptors (Lipinski definition) is 2. The van der Waals surface area contributed by atoms with E-state index in [2.05, 4.69) is 51.1 Å². The van der Waals surface area contributed by atoms with Gasteiger partial charge in [-0.2, -0.15) is 0 Å². The van der Waals surface area contributed by atoms with Gasteiger partial charge in [0.2, 0.25) is 0 Å². The topological polar surface area (TPSA) is 9.23 Å². The van der Waals surface area contributed by atoms with Crippen LogP contribution in [0.3, 0.4) is 0 Å². The number of thioether (sulfide) groups is 1. The summed E-state index contributed by atoms with van der Waals surface area (Å²) in [6.45, 7) is 6.65. The van der Waals surface area contributed by atoms with Gasteiger partial charge in [-0.1, -0.05) is 25.1 Å². The first-order valence-corrected chi connectivity index (χ1v) is 6.91. The summed E-state index contributed by atoms with van der Waals surface area (Å²) in [5.41, 5.74) is 0.0416. The van der Waals surface area contributed by atoms with E-state index in [9.17, 15) is 0 Å². The number of hydrogen-bond donors (Lipinski definition) is 0. The van der Waals surface area contributed by atoms with E-state index in [0.29, 0.717) is 11.4 Å². The third-order valence-corrected chi connectivity index (χ3v) is 4.94. The fourth-order valence-corrected chi connectivity index (χ4v) is 3.76. The lowest BCUT2D eigenvalue weighted by Crippen LogP contribution is -2.32. The van der Waals surface area contributed by atoms with Crippen molar-refractivity contribution in [1.82, 2.24) is 0 Å².